The third-order valence-electron chi connectivity index (χ3n) is 3.16. The maximum absolute atomic E-state index is 12.5. The molecule has 0 aromatic heterocycles. The fourth-order valence-electron chi connectivity index (χ4n) is 1.72. The topological polar surface area (TPSA) is 21.7 Å². The van der Waals surface area contributed by atoms with Crippen LogP contribution < -0.4 is 0 Å². The van der Waals surface area contributed by atoms with Gasteiger partial charge in [0.05, 0.1) is 6.61 Å². The summed E-state index contributed by atoms with van der Waals surface area (Å²) in [6.07, 6.45) is -14.9. The Morgan fingerprint density at radius 1 is 1.10 bits per heavy atom. The van der Waals surface area contributed by atoms with Crippen molar-refractivity contribution in [2.24, 2.45) is 11.3 Å². The van der Waals surface area contributed by atoms with Gasteiger partial charge in [0.2, 0.25) is 0 Å². The van der Waals surface area contributed by atoms with Crippen LogP contribution in [0, 0.1) is 11.3 Å². The molecule has 0 bridgehead atoms. The van der Waals surface area contributed by atoms with Gasteiger partial charge in [0.15, 0.2) is 0 Å². The first kappa shape index (κ1) is 18.9. The third-order valence-corrected chi connectivity index (χ3v) is 4.65. The summed E-state index contributed by atoms with van der Waals surface area (Å²) in [7, 11) is -0.985. The minimum Gasteiger partial charge on any atom is -0.322 e. The maximum atomic E-state index is 12.5. The van der Waals surface area contributed by atoms with Crippen LogP contribution in [0.3, 0.4) is 0 Å². The van der Waals surface area contributed by atoms with Crippen LogP contribution >= 0.6 is 8.53 Å². The molecular formula is C11H18F6NO2P. The first-order valence-electron chi connectivity index (χ1n) is 6.17. The molecule has 0 saturated carbocycles. The van der Waals surface area contributed by atoms with Crippen LogP contribution in [0.4, 0.5) is 26.3 Å². The zero-order chi connectivity index (χ0) is 16.6. The van der Waals surface area contributed by atoms with Crippen molar-refractivity contribution < 1.29 is 35.4 Å². The summed E-state index contributed by atoms with van der Waals surface area (Å²) < 4.78 is 85.3. The first-order valence-corrected chi connectivity index (χ1v) is 7.30. The van der Waals surface area contributed by atoms with Crippen molar-refractivity contribution in [3.8, 4) is 0 Å². The van der Waals surface area contributed by atoms with E-state index in [4.69, 9.17) is 4.52 Å². The molecule has 0 amide bonds. The Morgan fingerprint density at radius 2 is 1.57 bits per heavy atom. The number of nitrogens with zero attached hydrogens (tertiary/aromatic N) is 1. The maximum Gasteiger partial charge on any atom is 0.424 e. The highest BCUT2D eigenvalue weighted by atomic mass is 31.2. The SMILES string of the molecule is CN1C[C@@H](C(C)(C)C)CO[P@@]1OC(C(F)(F)F)C(F)(F)F. The van der Waals surface area contributed by atoms with Crippen LogP contribution in [0.25, 0.3) is 0 Å². The molecule has 3 nitrogen and oxygen atoms in total. The Balaban J connectivity index is 2.75. The fraction of sp³-hybridized carbons (Fsp3) is 1.00. The van der Waals surface area contributed by atoms with Crippen molar-refractivity contribution >= 4 is 8.53 Å². The van der Waals surface area contributed by atoms with Gasteiger partial charge in [0.25, 0.3) is 14.6 Å². The number of hydrogen-bond acceptors (Lipinski definition) is 3. The second kappa shape index (κ2) is 6.18. The van der Waals surface area contributed by atoms with Crippen LogP contribution in [0.15, 0.2) is 0 Å². The van der Waals surface area contributed by atoms with Gasteiger partial charge in [-0.15, -0.1) is 0 Å². The second-order valence-electron chi connectivity index (χ2n) is 6.01. The molecule has 1 fully saturated rings. The van der Waals surface area contributed by atoms with Gasteiger partial charge in [0.1, 0.15) is 0 Å². The van der Waals surface area contributed by atoms with E-state index in [1.165, 1.54) is 11.7 Å². The Kier molecular flexibility index (Phi) is 5.57. The van der Waals surface area contributed by atoms with Gasteiger partial charge in [0, 0.05) is 12.5 Å². The lowest BCUT2D eigenvalue weighted by atomic mass is 9.81. The molecule has 0 unspecified atom stereocenters. The Morgan fingerprint density at radius 3 is 1.90 bits per heavy atom. The van der Waals surface area contributed by atoms with Crippen LogP contribution in [0.5, 0.6) is 0 Å². The van der Waals surface area contributed by atoms with Gasteiger partial charge < -0.3 is 4.52 Å². The molecule has 0 aromatic carbocycles. The summed E-state index contributed by atoms with van der Waals surface area (Å²) in [6.45, 7) is 6.17. The molecule has 1 aliphatic heterocycles. The summed E-state index contributed by atoms with van der Waals surface area (Å²) in [5.74, 6) is 0.0000680. The molecule has 0 N–H and O–H groups in total. The predicted molar refractivity (Wildman–Crippen MR) is 65.4 cm³/mol. The summed E-state index contributed by atoms with van der Waals surface area (Å²) in [5, 5.41) is 0. The van der Waals surface area contributed by atoms with Crippen molar-refractivity contribution in [2.75, 3.05) is 20.2 Å². The molecule has 0 radical (unpaired) electrons. The minimum absolute atomic E-state index is 0.0000680. The predicted octanol–water partition coefficient (Wildman–Crippen LogP) is 4.35. The van der Waals surface area contributed by atoms with E-state index in [9.17, 15) is 26.3 Å². The molecule has 2 atom stereocenters. The molecule has 1 rings (SSSR count). The van der Waals surface area contributed by atoms with Gasteiger partial charge in [-0.25, -0.2) is 4.67 Å². The van der Waals surface area contributed by atoms with Crippen molar-refractivity contribution in [3.05, 3.63) is 0 Å². The molecule has 0 aliphatic carbocycles. The molecular weight excluding hydrogens is 323 g/mol. The lowest BCUT2D eigenvalue weighted by molar-refractivity contribution is -0.301. The second-order valence-corrected chi connectivity index (χ2v) is 7.63. The van der Waals surface area contributed by atoms with Gasteiger partial charge in [-0.1, -0.05) is 20.8 Å². The third kappa shape index (κ3) is 5.23. The van der Waals surface area contributed by atoms with Gasteiger partial charge in [-0.2, -0.15) is 26.3 Å². The standard InChI is InChI=1S/C11H18F6NO2P/c1-9(2,3)7-5-18(4)21(19-6-7)20-8(10(12,13)14)11(15,16)17/h7-8H,5-6H2,1-4H3/t7-,21+/m1/s1. The lowest BCUT2D eigenvalue weighted by Crippen LogP contribution is -2.46. The van der Waals surface area contributed by atoms with E-state index in [-0.39, 0.29) is 17.9 Å². The number of hydrogen-bond donors (Lipinski definition) is 0. The molecule has 0 spiro atoms. The van der Waals surface area contributed by atoms with E-state index in [0.717, 1.165) is 0 Å². The van der Waals surface area contributed by atoms with Crippen LogP contribution in [0.2, 0.25) is 0 Å². The summed E-state index contributed by atoms with van der Waals surface area (Å²) >= 11 is 0. The zero-order valence-corrected chi connectivity index (χ0v) is 12.9. The highest BCUT2D eigenvalue weighted by Crippen LogP contribution is 2.52. The minimum atomic E-state index is -5.52. The average molecular weight is 341 g/mol. The first-order chi connectivity index (χ1) is 9.23. The largest absolute Gasteiger partial charge is 0.424 e. The Labute approximate surface area is 120 Å². The monoisotopic (exact) mass is 341 g/mol. The highest BCUT2D eigenvalue weighted by Gasteiger charge is 2.60. The van der Waals surface area contributed by atoms with Crippen molar-refractivity contribution in [1.29, 1.82) is 0 Å². The lowest BCUT2D eigenvalue weighted by Gasteiger charge is -2.42. The smallest absolute Gasteiger partial charge is 0.322 e. The average Bonchev–Trinajstić information content (AvgIpc) is 2.22. The quantitative estimate of drug-likeness (QED) is 0.551. The van der Waals surface area contributed by atoms with Crippen LogP contribution in [-0.2, 0) is 9.05 Å². The van der Waals surface area contributed by atoms with Crippen molar-refractivity contribution in [2.45, 2.75) is 39.2 Å². The fourth-order valence-corrected chi connectivity index (χ4v) is 3.20. The van der Waals surface area contributed by atoms with E-state index in [2.05, 4.69) is 4.52 Å². The zero-order valence-electron chi connectivity index (χ0n) is 12.0. The molecule has 0 aromatic rings. The van der Waals surface area contributed by atoms with E-state index in [1.54, 1.807) is 0 Å². The highest BCUT2D eigenvalue weighted by molar-refractivity contribution is 7.44. The molecule has 1 saturated heterocycles. The number of rotatable bonds is 2. The van der Waals surface area contributed by atoms with E-state index >= 15 is 0 Å². The molecule has 1 heterocycles. The molecule has 10 heteroatoms. The molecule has 21 heavy (non-hydrogen) atoms. The van der Waals surface area contributed by atoms with Crippen molar-refractivity contribution in [1.82, 2.24) is 4.67 Å². The number of alkyl halides is 6. The Bertz CT molecular complexity index is 340. The van der Waals surface area contributed by atoms with Crippen LogP contribution in [0.1, 0.15) is 20.8 Å². The van der Waals surface area contributed by atoms with Gasteiger partial charge in [-0.3, -0.25) is 4.52 Å². The van der Waals surface area contributed by atoms with Crippen LogP contribution in [-0.4, -0.2) is 43.3 Å². The summed E-state index contributed by atoms with van der Waals surface area (Å²) in [4.78, 5) is 0. The van der Waals surface area contributed by atoms with E-state index < -0.39 is 27.0 Å². The van der Waals surface area contributed by atoms with Gasteiger partial charge in [-0.05, 0) is 12.5 Å². The molecule has 1 aliphatic rings. The molecule has 126 valence electrons. The van der Waals surface area contributed by atoms with E-state index in [0.29, 0.717) is 6.54 Å². The Hall–Kier alpha value is -0.110. The van der Waals surface area contributed by atoms with E-state index in [1.807, 2.05) is 20.8 Å². The van der Waals surface area contributed by atoms with Crippen molar-refractivity contribution in [3.63, 3.8) is 0 Å². The normalized spacial score (nSPS) is 26.4. The summed E-state index contributed by atoms with van der Waals surface area (Å²) in [5.41, 5.74) is -0.164. The van der Waals surface area contributed by atoms with Gasteiger partial charge >= 0.3 is 12.4 Å². The number of halogens is 6. The summed E-state index contributed by atoms with van der Waals surface area (Å²) in [6, 6.07) is 0.